The van der Waals surface area contributed by atoms with Gasteiger partial charge in [-0.15, -0.1) is 0 Å². The number of carbonyl (C=O) groups excluding carboxylic acids is 4. The van der Waals surface area contributed by atoms with Gasteiger partial charge >= 0.3 is 23.9 Å². The number of benzene rings is 2. The van der Waals surface area contributed by atoms with E-state index >= 15 is 0 Å². The first kappa shape index (κ1) is 41.3. The second-order valence-electron chi connectivity index (χ2n) is 17.9. The Kier molecular flexibility index (Phi) is 12.1. The molecule has 290 valence electrons. The first-order valence-corrected chi connectivity index (χ1v) is 18.0. The summed E-state index contributed by atoms with van der Waals surface area (Å²) in [5.41, 5.74) is -0.406. The summed E-state index contributed by atoms with van der Waals surface area (Å²) >= 11 is 0. The number of ether oxygens (including phenoxy) is 6. The fourth-order valence-electron chi connectivity index (χ4n) is 5.11. The third-order valence-corrected chi connectivity index (χ3v) is 8.47. The first-order valence-electron chi connectivity index (χ1n) is 18.0. The number of imidazole rings is 1. The third kappa shape index (κ3) is 10.4. The minimum Gasteiger partial charge on any atom is -0.462 e. The Labute approximate surface area is 312 Å². The monoisotopic (exact) mass is 736 g/mol. The van der Waals surface area contributed by atoms with Crippen LogP contribution in [0.15, 0.2) is 48.8 Å². The summed E-state index contributed by atoms with van der Waals surface area (Å²) in [6.07, 6.45) is -5.19. The Hall–Kier alpha value is -4.45. The van der Waals surface area contributed by atoms with Crippen LogP contribution in [0.3, 0.4) is 0 Å². The summed E-state index contributed by atoms with van der Waals surface area (Å²) < 4.78 is 39.2. The fourth-order valence-corrected chi connectivity index (χ4v) is 5.11. The van der Waals surface area contributed by atoms with Crippen molar-refractivity contribution in [2.45, 2.75) is 127 Å². The van der Waals surface area contributed by atoms with Crippen LogP contribution in [0.5, 0.6) is 5.75 Å². The quantitative estimate of drug-likeness (QED) is 0.166. The number of para-hydroxylation sites is 1. The van der Waals surface area contributed by atoms with E-state index in [1.807, 2.05) is 41.8 Å². The Balaban J connectivity index is 1.87. The lowest BCUT2D eigenvalue weighted by molar-refractivity contribution is -0.293. The Bertz CT molecular complexity index is 1780. The maximum Gasteiger partial charge on any atom is 0.311 e. The molecule has 0 spiro atoms. The zero-order valence-corrected chi connectivity index (χ0v) is 33.4. The van der Waals surface area contributed by atoms with Gasteiger partial charge in [-0.25, -0.2) is 4.98 Å². The van der Waals surface area contributed by atoms with Crippen LogP contribution >= 0.6 is 0 Å². The maximum absolute atomic E-state index is 13.7. The second-order valence-corrected chi connectivity index (χ2v) is 17.9. The number of aromatic nitrogens is 2. The third-order valence-electron chi connectivity index (χ3n) is 8.47. The number of hydrogen-bond donors (Lipinski definition) is 0. The van der Waals surface area contributed by atoms with Crippen LogP contribution in [-0.2, 0) is 49.4 Å². The molecule has 0 saturated carbocycles. The van der Waals surface area contributed by atoms with Gasteiger partial charge < -0.3 is 33.0 Å². The topological polar surface area (TPSA) is 141 Å². The molecule has 1 aliphatic heterocycles. The second kappa shape index (κ2) is 15.5. The van der Waals surface area contributed by atoms with Gasteiger partial charge in [0.05, 0.1) is 33.5 Å². The predicted molar refractivity (Wildman–Crippen MR) is 198 cm³/mol. The summed E-state index contributed by atoms with van der Waals surface area (Å²) in [5, 5.41) is 0. The Morgan fingerprint density at radius 2 is 1.19 bits per heavy atom. The number of nitrogens with zero attached hydrogens (tertiary/aromatic N) is 2. The molecule has 1 aromatic heterocycles. The van der Waals surface area contributed by atoms with Gasteiger partial charge in [-0.05, 0) is 108 Å². The van der Waals surface area contributed by atoms with Crippen molar-refractivity contribution >= 4 is 34.9 Å². The molecule has 2 aromatic carbocycles. The predicted octanol–water partition coefficient (Wildman–Crippen LogP) is 6.96. The normalized spacial score (nSPS) is 21.1. The van der Waals surface area contributed by atoms with Gasteiger partial charge in [0, 0.05) is 6.54 Å². The van der Waals surface area contributed by atoms with E-state index in [4.69, 9.17) is 28.4 Å². The standard InChI is InChI=1S/C41H56N2O10/c1-24-17-19-25(20-18-24)21-43-23-42-26-15-14-16-27(29(26)43)49-33-32(53-37(47)41(11,12)13)31(52-36(46)40(8,9)10)30(51-35(45)39(5,6)7)28(50-33)22-48-34(44)38(2,3)4/h14-20,23,28,30-33H,21-22H2,1-13H3/t28-,30-,31+,32-,33-/m1/s1. The highest BCUT2D eigenvalue weighted by atomic mass is 16.7. The van der Waals surface area contributed by atoms with Crippen molar-refractivity contribution in [2.24, 2.45) is 21.7 Å². The van der Waals surface area contributed by atoms with Gasteiger partial charge in [0.1, 0.15) is 24.0 Å². The lowest BCUT2D eigenvalue weighted by atomic mass is 9.93. The molecule has 2 heterocycles. The zero-order chi connectivity index (χ0) is 39.7. The summed E-state index contributed by atoms with van der Waals surface area (Å²) in [7, 11) is 0. The van der Waals surface area contributed by atoms with Crippen molar-refractivity contribution < 1.29 is 47.6 Å². The van der Waals surface area contributed by atoms with Crippen LogP contribution in [0.1, 0.15) is 94.2 Å². The van der Waals surface area contributed by atoms with Gasteiger partial charge in [0.2, 0.25) is 12.4 Å². The van der Waals surface area contributed by atoms with E-state index in [1.165, 1.54) is 0 Å². The van der Waals surface area contributed by atoms with Crippen LogP contribution < -0.4 is 4.74 Å². The van der Waals surface area contributed by atoms with Crippen molar-refractivity contribution in [2.75, 3.05) is 6.61 Å². The summed E-state index contributed by atoms with van der Waals surface area (Å²) in [4.78, 5) is 58.4. The van der Waals surface area contributed by atoms with E-state index in [0.29, 0.717) is 23.3 Å². The highest BCUT2D eigenvalue weighted by Gasteiger charge is 2.55. The van der Waals surface area contributed by atoms with E-state index in [-0.39, 0.29) is 0 Å². The molecule has 53 heavy (non-hydrogen) atoms. The molecule has 4 rings (SSSR count). The molecular formula is C41H56N2O10. The molecule has 3 aromatic rings. The van der Waals surface area contributed by atoms with Gasteiger partial charge in [0.25, 0.3) is 0 Å². The molecule has 1 saturated heterocycles. The number of carbonyl (C=O) groups is 4. The van der Waals surface area contributed by atoms with Crippen molar-refractivity contribution in [3.63, 3.8) is 0 Å². The molecule has 0 radical (unpaired) electrons. The fraction of sp³-hybridized carbons (Fsp3) is 0.585. The minimum absolute atomic E-state index is 0.338. The zero-order valence-electron chi connectivity index (χ0n) is 33.4. The molecule has 0 aliphatic carbocycles. The van der Waals surface area contributed by atoms with Crippen molar-refractivity contribution in [3.8, 4) is 5.75 Å². The van der Waals surface area contributed by atoms with Crippen LogP contribution in [-0.4, -0.2) is 70.7 Å². The van der Waals surface area contributed by atoms with E-state index in [0.717, 1.165) is 11.1 Å². The number of esters is 4. The SMILES string of the molecule is Cc1ccc(Cn2cnc3cccc(O[C@@H]4O[C@H](COC(=O)C(C)(C)C)[C@@H](OC(=O)C(C)(C)C)[C@H](OC(=O)C(C)(C)C)[C@H]4OC(=O)C(C)(C)C)c32)cc1. The highest BCUT2D eigenvalue weighted by Crippen LogP contribution is 2.36. The molecule has 0 N–H and O–H groups in total. The molecule has 1 aliphatic rings. The van der Waals surface area contributed by atoms with Gasteiger partial charge in [-0.2, -0.15) is 0 Å². The van der Waals surface area contributed by atoms with Crippen molar-refractivity contribution in [1.82, 2.24) is 9.55 Å². The molecule has 1 fully saturated rings. The minimum atomic E-state index is -1.44. The van der Waals surface area contributed by atoms with Gasteiger partial charge in [-0.1, -0.05) is 35.9 Å². The van der Waals surface area contributed by atoms with Crippen LogP contribution in [0, 0.1) is 28.6 Å². The van der Waals surface area contributed by atoms with Crippen molar-refractivity contribution in [3.05, 3.63) is 59.9 Å². The number of fused-ring (bicyclic) bond motifs is 1. The van der Waals surface area contributed by atoms with Gasteiger partial charge in [0.15, 0.2) is 12.2 Å². The molecule has 12 nitrogen and oxygen atoms in total. The number of hydrogen-bond acceptors (Lipinski definition) is 11. The largest absolute Gasteiger partial charge is 0.462 e. The van der Waals surface area contributed by atoms with Crippen LogP contribution in [0.25, 0.3) is 11.0 Å². The van der Waals surface area contributed by atoms with E-state index in [9.17, 15) is 19.2 Å². The average molecular weight is 737 g/mol. The van der Waals surface area contributed by atoms with Crippen LogP contribution in [0.4, 0.5) is 0 Å². The maximum atomic E-state index is 13.7. The molecule has 0 amide bonds. The lowest BCUT2D eigenvalue weighted by Crippen LogP contribution is -2.64. The lowest BCUT2D eigenvalue weighted by Gasteiger charge is -2.45. The molecule has 0 unspecified atom stereocenters. The smallest absolute Gasteiger partial charge is 0.311 e. The number of aryl methyl sites for hydroxylation is 1. The molecular weight excluding hydrogens is 680 g/mol. The summed E-state index contributed by atoms with van der Waals surface area (Å²) in [6, 6.07) is 13.5. The number of rotatable bonds is 9. The Morgan fingerprint density at radius 1 is 0.679 bits per heavy atom. The van der Waals surface area contributed by atoms with E-state index < -0.39 is 82.8 Å². The van der Waals surface area contributed by atoms with Gasteiger partial charge in [-0.3, -0.25) is 19.2 Å². The van der Waals surface area contributed by atoms with E-state index in [1.54, 1.807) is 102 Å². The first-order chi connectivity index (χ1) is 24.4. The molecule has 5 atom stereocenters. The Morgan fingerprint density at radius 3 is 1.72 bits per heavy atom. The molecule has 0 bridgehead atoms. The van der Waals surface area contributed by atoms with Crippen LogP contribution in [0.2, 0.25) is 0 Å². The average Bonchev–Trinajstić information content (AvgIpc) is 3.45. The van der Waals surface area contributed by atoms with Crippen molar-refractivity contribution in [1.29, 1.82) is 0 Å². The highest BCUT2D eigenvalue weighted by molar-refractivity contribution is 5.82. The van der Waals surface area contributed by atoms with E-state index in [2.05, 4.69) is 4.98 Å². The summed E-state index contributed by atoms with van der Waals surface area (Å²) in [5.74, 6) is -2.13. The summed E-state index contributed by atoms with van der Waals surface area (Å²) in [6.45, 7) is 22.3. The molecule has 12 heteroatoms.